The molecule has 0 saturated carbocycles. The fourth-order valence-electron chi connectivity index (χ4n) is 0.824. The highest BCUT2D eigenvalue weighted by molar-refractivity contribution is 7.99. The van der Waals surface area contributed by atoms with E-state index in [-0.39, 0.29) is 0 Å². The fourth-order valence-corrected chi connectivity index (χ4v) is 1.77. The second-order valence-electron chi connectivity index (χ2n) is 2.64. The molecule has 1 rings (SSSR count). The van der Waals surface area contributed by atoms with Gasteiger partial charge in [-0.15, -0.1) is 11.8 Å². The molecule has 0 aromatic rings. The molecule has 0 radical (unpaired) electrons. The molecule has 1 atom stereocenters. The highest BCUT2D eigenvalue weighted by atomic mass is 32.2. The summed E-state index contributed by atoms with van der Waals surface area (Å²) in [5, 5.41) is 2.79. The van der Waals surface area contributed by atoms with Crippen LogP contribution in [-0.2, 0) is 9.63 Å². The summed E-state index contributed by atoms with van der Waals surface area (Å²) in [7, 11) is 0. The van der Waals surface area contributed by atoms with Gasteiger partial charge in [0.1, 0.15) is 0 Å². The quantitative estimate of drug-likeness (QED) is 0.683. The number of thioether (sulfide) groups is 1. The second-order valence-corrected chi connectivity index (χ2v) is 3.67. The lowest BCUT2D eigenvalue weighted by molar-refractivity contribution is -0.192. The van der Waals surface area contributed by atoms with Crippen LogP contribution in [0.2, 0.25) is 0 Å². The Kier molecular flexibility index (Phi) is 4.02. The van der Waals surface area contributed by atoms with Gasteiger partial charge in [-0.2, -0.15) is 13.2 Å². The number of hydroxylamine groups is 1. The Morgan fingerprint density at radius 3 is 2.86 bits per heavy atom. The number of carbonyl (C=O) groups excluding carboxylic acids is 1. The fraction of sp³-hybridized carbons (Fsp3) is 0.833. The molecule has 0 spiro atoms. The average molecular weight is 230 g/mol. The molecule has 4 nitrogen and oxygen atoms in total. The molecule has 1 amide bonds. The molecule has 14 heavy (non-hydrogen) atoms. The number of hydrogen-bond donors (Lipinski definition) is 2. The molecule has 2 N–H and O–H groups in total. The lowest BCUT2D eigenvalue weighted by Gasteiger charge is -2.11. The van der Waals surface area contributed by atoms with E-state index in [0.717, 1.165) is 0 Å². The summed E-state index contributed by atoms with van der Waals surface area (Å²) < 4.78 is 34.8. The third kappa shape index (κ3) is 4.16. The van der Waals surface area contributed by atoms with E-state index in [1.165, 1.54) is 11.8 Å². The Hall–Kier alpha value is -0.470. The van der Waals surface area contributed by atoms with Gasteiger partial charge in [0.15, 0.2) is 6.61 Å². The summed E-state index contributed by atoms with van der Waals surface area (Å²) in [5.74, 6) is 0.595. The molecule has 1 aliphatic rings. The van der Waals surface area contributed by atoms with Crippen LogP contribution in [0.15, 0.2) is 0 Å². The van der Waals surface area contributed by atoms with Crippen molar-refractivity contribution in [3.63, 3.8) is 0 Å². The van der Waals surface area contributed by atoms with E-state index in [2.05, 4.69) is 10.2 Å². The van der Waals surface area contributed by atoms with Crippen LogP contribution in [0, 0.1) is 0 Å². The van der Waals surface area contributed by atoms with E-state index in [9.17, 15) is 18.0 Å². The van der Waals surface area contributed by atoms with Gasteiger partial charge in [0.2, 0.25) is 0 Å². The van der Waals surface area contributed by atoms with Crippen molar-refractivity contribution in [3.8, 4) is 0 Å². The van der Waals surface area contributed by atoms with Gasteiger partial charge < -0.3 is 0 Å². The van der Waals surface area contributed by atoms with E-state index in [4.69, 9.17) is 0 Å². The largest absolute Gasteiger partial charge is 0.414 e. The first kappa shape index (κ1) is 11.6. The molecule has 8 heteroatoms. The first-order valence-corrected chi connectivity index (χ1v) is 4.94. The van der Waals surface area contributed by atoms with Crippen LogP contribution < -0.4 is 10.8 Å². The van der Waals surface area contributed by atoms with Gasteiger partial charge in [-0.05, 0) is 0 Å². The average Bonchev–Trinajstić information content (AvgIpc) is 2.53. The van der Waals surface area contributed by atoms with Crippen LogP contribution in [-0.4, -0.2) is 36.4 Å². The Bertz CT molecular complexity index is 206. The zero-order valence-electron chi connectivity index (χ0n) is 7.06. The molecule has 1 saturated heterocycles. The predicted octanol–water partition coefficient (Wildman–Crippen LogP) is 0.259. The van der Waals surface area contributed by atoms with Crippen LogP contribution in [0.1, 0.15) is 0 Å². The lowest BCUT2D eigenvalue weighted by Crippen LogP contribution is -2.43. The molecule has 0 aromatic carbocycles. The van der Waals surface area contributed by atoms with E-state index in [0.29, 0.717) is 11.6 Å². The molecule has 0 aromatic heterocycles. The van der Waals surface area contributed by atoms with Gasteiger partial charge in [0.25, 0.3) is 5.91 Å². The van der Waals surface area contributed by atoms with Crippen molar-refractivity contribution in [2.75, 3.05) is 18.2 Å². The van der Waals surface area contributed by atoms with E-state index >= 15 is 0 Å². The normalized spacial score (nSPS) is 22.4. The van der Waals surface area contributed by atoms with Crippen LogP contribution in [0.25, 0.3) is 0 Å². The molecule has 1 aliphatic heterocycles. The third-order valence-electron chi connectivity index (χ3n) is 1.44. The molecule has 1 fully saturated rings. The van der Waals surface area contributed by atoms with Gasteiger partial charge in [-0.25, -0.2) is 5.48 Å². The Labute approximate surface area is 82.5 Å². The highest BCUT2D eigenvalue weighted by Crippen LogP contribution is 2.14. The number of halogens is 3. The highest BCUT2D eigenvalue weighted by Gasteiger charge is 2.29. The van der Waals surface area contributed by atoms with Gasteiger partial charge in [-0.1, -0.05) is 0 Å². The summed E-state index contributed by atoms with van der Waals surface area (Å²) in [6.07, 6.45) is -4.43. The van der Waals surface area contributed by atoms with Gasteiger partial charge in [0, 0.05) is 11.6 Å². The molecule has 1 unspecified atom stereocenters. The first-order valence-electron chi connectivity index (χ1n) is 3.78. The minimum Gasteiger partial charge on any atom is -0.296 e. The van der Waals surface area contributed by atoms with Crippen LogP contribution in [0.3, 0.4) is 0 Å². The van der Waals surface area contributed by atoms with Crippen molar-refractivity contribution in [1.82, 2.24) is 10.8 Å². The molecule has 82 valence electrons. The number of hydrogen-bond acceptors (Lipinski definition) is 4. The molecular formula is C6H9F3N2O2S. The number of alkyl halides is 3. The van der Waals surface area contributed by atoms with E-state index in [1.54, 1.807) is 5.48 Å². The maximum atomic E-state index is 11.6. The van der Waals surface area contributed by atoms with Crippen molar-refractivity contribution in [1.29, 1.82) is 0 Å². The summed E-state index contributed by atoms with van der Waals surface area (Å²) >= 11 is 1.50. The number of rotatable bonds is 3. The minimum atomic E-state index is -4.43. The van der Waals surface area contributed by atoms with Gasteiger partial charge in [-0.3, -0.25) is 14.9 Å². The van der Waals surface area contributed by atoms with Crippen LogP contribution >= 0.6 is 11.8 Å². The summed E-state index contributed by atoms with van der Waals surface area (Å²) in [6, 6.07) is -0.465. The van der Waals surface area contributed by atoms with Crippen molar-refractivity contribution in [3.05, 3.63) is 0 Å². The van der Waals surface area contributed by atoms with E-state index < -0.39 is 24.7 Å². The van der Waals surface area contributed by atoms with Crippen molar-refractivity contribution in [2.24, 2.45) is 0 Å². The summed E-state index contributed by atoms with van der Waals surface area (Å²) in [4.78, 5) is 15.1. The smallest absolute Gasteiger partial charge is 0.296 e. The molecule has 1 heterocycles. The Morgan fingerprint density at radius 1 is 1.64 bits per heavy atom. The predicted molar refractivity (Wildman–Crippen MR) is 44.4 cm³/mol. The monoisotopic (exact) mass is 230 g/mol. The lowest BCUT2D eigenvalue weighted by atomic mass is 10.3. The number of nitrogens with one attached hydrogen (secondary N) is 2. The van der Waals surface area contributed by atoms with Gasteiger partial charge >= 0.3 is 6.18 Å². The Balaban J connectivity index is 2.15. The maximum Gasteiger partial charge on any atom is 0.414 e. The van der Waals surface area contributed by atoms with E-state index in [1.807, 2.05) is 0 Å². The van der Waals surface area contributed by atoms with Crippen molar-refractivity contribution >= 4 is 17.7 Å². The second kappa shape index (κ2) is 4.85. The standard InChI is InChI=1S/C6H9F3N2O2S/c7-6(8,9)2-13-11-5(12)4-1-14-3-10-4/h4,10H,1-3H2,(H,11,12). The van der Waals surface area contributed by atoms with Crippen LogP contribution in [0.5, 0.6) is 0 Å². The number of amides is 1. The van der Waals surface area contributed by atoms with Crippen molar-refractivity contribution < 1.29 is 22.8 Å². The Morgan fingerprint density at radius 2 is 2.36 bits per heavy atom. The zero-order valence-corrected chi connectivity index (χ0v) is 7.87. The first-order chi connectivity index (χ1) is 6.49. The topological polar surface area (TPSA) is 50.4 Å². The van der Waals surface area contributed by atoms with Gasteiger partial charge in [0.05, 0.1) is 6.04 Å². The number of carbonyl (C=O) groups is 1. The minimum absolute atomic E-state index is 0.465. The SMILES string of the molecule is O=C(NOCC(F)(F)F)C1CSCN1. The summed E-state index contributed by atoms with van der Waals surface area (Å²) in [6.45, 7) is -1.47. The third-order valence-corrected chi connectivity index (χ3v) is 2.38. The molecular weight excluding hydrogens is 221 g/mol. The summed E-state index contributed by atoms with van der Waals surface area (Å²) in [5.41, 5.74) is 1.75. The maximum absolute atomic E-state index is 11.6. The van der Waals surface area contributed by atoms with Crippen molar-refractivity contribution in [2.45, 2.75) is 12.2 Å². The zero-order chi connectivity index (χ0) is 10.6. The molecule has 0 aliphatic carbocycles. The van der Waals surface area contributed by atoms with Crippen LogP contribution in [0.4, 0.5) is 13.2 Å². The molecule has 0 bridgehead atoms.